The quantitative estimate of drug-likeness (QED) is 0.926. The number of carbonyl (C=O) groups is 1. The molecule has 22 heavy (non-hydrogen) atoms. The van der Waals surface area contributed by atoms with E-state index < -0.39 is 11.7 Å². The third-order valence-corrected chi connectivity index (χ3v) is 4.11. The van der Waals surface area contributed by atoms with Crippen LogP contribution in [-0.4, -0.2) is 30.9 Å². The molecule has 1 heterocycles. The van der Waals surface area contributed by atoms with Gasteiger partial charge in [-0.05, 0) is 50.5 Å². The van der Waals surface area contributed by atoms with Crippen molar-refractivity contribution in [1.29, 1.82) is 0 Å². The number of piperidine rings is 1. The maximum absolute atomic E-state index is 12.9. The van der Waals surface area contributed by atoms with Gasteiger partial charge in [0.2, 0.25) is 5.91 Å². The average molecular weight is 314 g/mol. The van der Waals surface area contributed by atoms with Gasteiger partial charge in [-0.3, -0.25) is 4.79 Å². The van der Waals surface area contributed by atoms with Gasteiger partial charge < -0.3 is 10.2 Å². The minimum Gasteiger partial charge on any atom is -0.352 e. The van der Waals surface area contributed by atoms with E-state index in [0.717, 1.165) is 32.0 Å². The molecule has 1 N–H and O–H groups in total. The number of rotatable bonds is 4. The average Bonchev–Trinajstić information content (AvgIpc) is 2.47. The molecule has 3 nitrogen and oxygen atoms in total. The van der Waals surface area contributed by atoms with Gasteiger partial charge in [-0.25, -0.2) is 0 Å². The smallest absolute Gasteiger partial charge is 0.352 e. The molecule has 0 saturated carbocycles. The highest BCUT2D eigenvalue weighted by molar-refractivity contribution is 5.76. The molecule has 0 atom stereocenters. The Kier molecular flexibility index (Phi) is 5.45. The first-order chi connectivity index (χ1) is 10.4. The summed E-state index contributed by atoms with van der Waals surface area (Å²) >= 11 is 0. The summed E-state index contributed by atoms with van der Waals surface area (Å²) in [4.78, 5) is 14.1. The number of nitrogens with one attached hydrogen (secondary N) is 1. The van der Waals surface area contributed by atoms with Gasteiger partial charge in [-0.2, -0.15) is 13.2 Å². The number of halogens is 3. The fourth-order valence-corrected chi connectivity index (χ4v) is 2.75. The maximum Gasteiger partial charge on any atom is 0.416 e. The monoisotopic (exact) mass is 314 g/mol. The van der Waals surface area contributed by atoms with Gasteiger partial charge >= 0.3 is 6.18 Å². The van der Waals surface area contributed by atoms with E-state index >= 15 is 0 Å². The second kappa shape index (κ2) is 7.13. The van der Waals surface area contributed by atoms with Crippen LogP contribution in [-0.2, 0) is 17.5 Å². The maximum atomic E-state index is 12.9. The van der Waals surface area contributed by atoms with Crippen LogP contribution in [0.3, 0.4) is 0 Å². The van der Waals surface area contributed by atoms with Crippen molar-refractivity contribution in [2.24, 2.45) is 5.92 Å². The van der Waals surface area contributed by atoms with Crippen LogP contribution in [0.15, 0.2) is 24.3 Å². The molecule has 1 fully saturated rings. The van der Waals surface area contributed by atoms with Gasteiger partial charge in [0.1, 0.15) is 0 Å². The van der Waals surface area contributed by atoms with Crippen LogP contribution in [0.2, 0.25) is 0 Å². The first kappa shape index (κ1) is 16.8. The zero-order valence-corrected chi connectivity index (χ0v) is 12.6. The van der Waals surface area contributed by atoms with Crippen molar-refractivity contribution in [3.05, 3.63) is 35.4 Å². The molecule has 1 saturated heterocycles. The zero-order valence-electron chi connectivity index (χ0n) is 12.6. The Labute approximate surface area is 128 Å². The first-order valence-electron chi connectivity index (χ1n) is 7.46. The highest BCUT2D eigenvalue weighted by Crippen LogP contribution is 2.31. The normalized spacial score (nSPS) is 17.5. The number of nitrogens with zero attached hydrogens (tertiary/aromatic N) is 1. The van der Waals surface area contributed by atoms with Gasteiger partial charge in [0.05, 0.1) is 5.56 Å². The van der Waals surface area contributed by atoms with Crippen molar-refractivity contribution < 1.29 is 18.0 Å². The summed E-state index contributed by atoms with van der Waals surface area (Å²) in [6.45, 7) is 1.85. The van der Waals surface area contributed by atoms with E-state index in [0.29, 0.717) is 12.3 Å². The van der Waals surface area contributed by atoms with E-state index in [1.54, 1.807) is 6.07 Å². The van der Waals surface area contributed by atoms with Crippen molar-refractivity contribution >= 4 is 5.91 Å². The molecule has 2 rings (SSSR count). The van der Waals surface area contributed by atoms with Crippen LogP contribution in [0.25, 0.3) is 0 Å². The van der Waals surface area contributed by atoms with Crippen molar-refractivity contribution in [3.63, 3.8) is 0 Å². The SMILES string of the molecule is CN1CCC(CC(=O)NCc2ccccc2C(F)(F)F)CC1. The van der Waals surface area contributed by atoms with Gasteiger partial charge in [0.25, 0.3) is 0 Å². The Balaban J connectivity index is 1.87. The minimum atomic E-state index is -4.39. The van der Waals surface area contributed by atoms with E-state index in [2.05, 4.69) is 10.2 Å². The summed E-state index contributed by atoms with van der Waals surface area (Å²) < 4.78 is 38.6. The molecule has 1 aliphatic rings. The number of benzene rings is 1. The van der Waals surface area contributed by atoms with E-state index in [9.17, 15) is 18.0 Å². The second-order valence-electron chi connectivity index (χ2n) is 5.88. The molecule has 122 valence electrons. The Morgan fingerprint density at radius 1 is 1.27 bits per heavy atom. The highest BCUT2D eigenvalue weighted by Gasteiger charge is 2.32. The molecular formula is C16H21F3N2O. The molecule has 0 bridgehead atoms. The van der Waals surface area contributed by atoms with E-state index in [1.165, 1.54) is 12.1 Å². The number of amides is 1. The molecule has 1 aromatic carbocycles. The van der Waals surface area contributed by atoms with Crippen LogP contribution in [0.1, 0.15) is 30.4 Å². The minimum absolute atomic E-state index is 0.0822. The molecule has 1 aromatic rings. The van der Waals surface area contributed by atoms with E-state index in [-0.39, 0.29) is 18.0 Å². The lowest BCUT2D eigenvalue weighted by atomic mass is 9.93. The summed E-state index contributed by atoms with van der Waals surface area (Å²) in [7, 11) is 2.05. The van der Waals surface area contributed by atoms with Crippen LogP contribution < -0.4 is 5.32 Å². The third kappa shape index (κ3) is 4.73. The number of hydrogen-bond donors (Lipinski definition) is 1. The van der Waals surface area contributed by atoms with Gasteiger partial charge in [0, 0.05) is 13.0 Å². The molecule has 0 radical (unpaired) electrons. The third-order valence-electron chi connectivity index (χ3n) is 4.11. The number of hydrogen-bond acceptors (Lipinski definition) is 2. The lowest BCUT2D eigenvalue weighted by Gasteiger charge is -2.28. The van der Waals surface area contributed by atoms with Crippen molar-refractivity contribution in [2.45, 2.75) is 32.0 Å². The standard InChI is InChI=1S/C16H21F3N2O/c1-21-8-6-12(7-9-21)10-15(22)20-11-13-4-2-3-5-14(13)16(17,18)19/h2-5,12H,6-11H2,1H3,(H,20,22). The molecular weight excluding hydrogens is 293 g/mol. The number of likely N-dealkylation sites (tertiary alicyclic amines) is 1. The van der Waals surface area contributed by atoms with Gasteiger partial charge in [-0.15, -0.1) is 0 Å². The molecule has 0 aromatic heterocycles. The number of alkyl halides is 3. The zero-order chi connectivity index (χ0) is 16.2. The molecule has 0 unspecified atom stereocenters. The van der Waals surface area contributed by atoms with E-state index in [4.69, 9.17) is 0 Å². The van der Waals surface area contributed by atoms with Crippen LogP contribution >= 0.6 is 0 Å². The molecule has 0 spiro atoms. The summed E-state index contributed by atoms with van der Waals surface area (Å²) in [5, 5.41) is 2.62. The van der Waals surface area contributed by atoms with Crippen molar-refractivity contribution in [3.8, 4) is 0 Å². The Bertz CT molecular complexity index is 508. The topological polar surface area (TPSA) is 32.3 Å². The summed E-state index contributed by atoms with van der Waals surface area (Å²) in [5.74, 6) is 0.153. The molecule has 1 aliphatic heterocycles. The Hall–Kier alpha value is -1.56. The van der Waals surface area contributed by atoms with E-state index in [1.807, 2.05) is 7.05 Å². The van der Waals surface area contributed by atoms with Crippen molar-refractivity contribution in [2.75, 3.05) is 20.1 Å². The largest absolute Gasteiger partial charge is 0.416 e. The predicted molar refractivity (Wildman–Crippen MR) is 78.1 cm³/mol. The predicted octanol–water partition coefficient (Wildman–Crippen LogP) is 3.05. The first-order valence-corrected chi connectivity index (χ1v) is 7.46. The fourth-order valence-electron chi connectivity index (χ4n) is 2.75. The van der Waals surface area contributed by atoms with Crippen LogP contribution in [0.4, 0.5) is 13.2 Å². The fraction of sp³-hybridized carbons (Fsp3) is 0.562. The van der Waals surface area contributed by atoms with Crippen LogP contribution in [0, 0.1) is 5.92 Å². The summed E-state index contributed by atoms with van der Waals surface area (Å²) in [6, 6.07) is 5.34. The van der Waals surface area contributed by atoms with Gasteiger partial charge in [-0.1, -0.05) is 18.2 Å². The second-order valence-corrected chi connectivity index (χ2v) is 5.88. The number of carbonyl (C=O) groups excluding carboxylic acids is 1. The Morgan fingerprint density at radius 2 is 1.91 bits per heavy atom. The lowest BCUT2D eigenvalue weighted by Crippen LogP contribution is -2.33. The van der Waals surface area contributed by atoms with Crippen molar-refractivity contribution in [1.82, 2.24) is 10.2 Å². The molecule has 6 heteroatoms. The van der Waals surface area contributed by atoms with Crippen LogP contribution in [0.5, 0.6) is 0 Å². The molecule has 0 aliphatic carbocycles. The Morgan fingerprint density at radius 3 is 2.55 bits per heavy atom. The highest BCUT2D eigenvalue weighted by atomic mass is 19.4. The molecule has 1 amide bonds. The van der Waals surface area contributed by atoms with Gasteiger partial charge in [0.15, 0.2) is 0 Å². The lowest BCUT2D eigenvalue weighted by molar-refractivity contribution is -0.138. The summed E-state index contributed by atoms with van der Waals surface area (Å²) in [5.41, 5.74) is -0.582. The summed E-state index contributed by atoms with van der Waals surface area (Å²) in [6.07, 6.45) is -2.08.